The van der Waals surface area contributed by atoms with Gasteiger partial charge in [-0.15, -0.1) is 0 Å². The Balaban J connectivity index is 0.000000203. The van der Waals surface area contributed by atoms with Crippen molar-refractivity contribution in [1.82, 2.24) is 9.55 Å². The van der Waals surface area contributed by atoms with Gasteiger partial charge in [-0.05, 0) is 12.1 Å². The molecule has 2 rings (SSSR count). The first kappa shape index (κ1) is 13.8. The Morgan fingerprint density at radius 1 is 1.44 bits per heavy atom. The van der Waals surface area contributed by atoms with E-state index in [9.17, 15) is 13.2 Å². The molecule has 0 saturated carbocycles. The summed E-state index contributed by atoms with van der Waals surface area (Å²) in [6.45, 7) is 0. The fraction of sp³-hybridized carbons (Fsp3) is 0.200. The van der Waals surface area contributed by atoms with Gasteiger partial charge in [0.25, 0.3) is 0 Å². The van der Waals surface area contributed by atoms with Crippen LogP contribution in [0.25, 0.3) is 11.0 Å². The molecule has 0 saturated heterocycles. The number of carboxylic acid groups (broad SMARTS) is 1. The highest BCUT2D eigenvalue weighted by molar-refractivity contribution is 5.86. The maximum Gasteiger partial charge on any atom is 0.490 e. The molecular formula is C10H10F3N3O2. The number of aromatic nitrogens is 2. The van der Waals surface area contributed by atoms with Gasteiger partial charge in [-0.2, -0.15) is 13.2 Å². The summed E-state index contributed by atoms with van der Waals surface area (Å²) in [5, 5.41) is 7.12. The zero-order valence-electron chi connectivity index (χ0n) is 9.27. The minimum Gasteiger partial charge on any atom is -0.475 e. The number of alkyl halides is 3. The van der Waals surface area contributed by atoms with Crippen LogP contribution < -0.4 is 5.73 Å². The van der Waals surface area contributed by atoms with Crippen molar-refractivity contribution in [2.24, 2.45) is 7.05 Å². The molecule has 2 aromatic rings. The number of aliphatic carboxylic acids is 1. The lowest BCUT2D eigenvalue weighted by Gasteiger charge is -1.94. The maximum atomic E-state index is 10.6. The van der Waals surface area contributed by atoms with Crippen molar-refractivity contribution in [3.05, 3.63) is 24.5 Å². The van der Waals surface area contributed by atoms with E-state index in [1.54, 1.807) is 6.33 Å². The monoisotopic (exact) mass is 261 g/mol. The summed E-state index contributed by atoms with van der Waals surface area (Å²) in [5.41, 5.74) is 8.39. The molecule has 0 bridgehead atoms. The number of hydrogen-bond acceptors (Lipinski definition) is 3. The van der Waals surface area contributed by atoms with Gasteiger partial charge in [-0.3, -0.25) is 0 Å². The van der Waals surface area contributed by atoms with E-state index in [2.05, 4.69) is 4.98 Å². The molecule has 1 heterocycles. The van der Waals surface area contributed by atoms with Crippen molar-refractivity contribution in [2.75, 3.05) is 5.73 Å². The van der Waals surface area contributed by atoms with Gasteiger partial charge in [0.1, 0.15) is 5.52 Å². The molecule has 5 nitrogen and oxygen atoms in total. The summed E-state index contributed by atoms with van der Waals surface area (Å²) >= 11 is 0. The van der Waals surface area contributed by atoms with Crippen LogP contribution in [-0.2, 0) is 11.8 Å². The number of nitrogens with two attached hydrogens (primary N) is 1. The van der Waals surface area contributed by atoms with Gasteiger partial charge in [0, 0.05) is 7.05 Å². The van der Waals surface area contributed by atoms with Gasteiger partial charge >= 0.3 is 12.1 Å². The Hall–Kier alpha value is -2.25. The number of carbonyl (C=O) groups is 1. The molecule has 8 heteroatoms. The molecule has 0 unspecified atom stereocenters. The number of para-hydroxylation sites is 1. The number of rotatable bonds is 0. The lowest BCUT2D eigenvalue weighted by atomic mass is 10.3. The predicted molar refractivity (Wildman–Crippen MR) is 58.8 cm³/mol. The first-order chi connectivity index (χ1) is 8.23. The number of fused-ring (bicyclic) bond motifs is 1. The van der Waals surface area contributed by atoms with Gasteiger partial charge in [-0.1, -0.05) is 6.07 Å². The van der Waals surface area contributed by atoms with E-state index in [1.807, 2.05) is 29.8 Å². The van der Waals surface area contributed by atoms with E-state index in [4.69, 9.17) is 15.6 Å². The van der Waals surface area contributed by atoms with Crippen LogP contribution in [0.2, 0.25) is 0 Å². The number of halogens is 3. The summed E-state index contributed by atoms with van der Waals surface area (Å²) in [7, 11) is 1.95. The quantitative estimate of drug-likeness (QED) is 0.708. The number of carboxylic acids is 1. The van der Waals surface area contributed by atoms with Crippen molar-refractivity contribution in [1.29, 1.82) is 0 Å². The van der Waals surface area contributed by atoms with Crippen molar-refractivity contribution in [2.45, 2.75) is 6.18 Å². The summed E-state index contributed by atoms with van der Waals surface area (Å²) in [5.74, 6) is -2.76. The first-order valence-corrected chi connectivity index (χ1v) is 4.69. The van der Waals surface area contributed by atoms with Crippen LogP contribution in [0.3, 0.4) is 0 Å². The number of anilines is 1. The third kappa shape index (κ3) is 3.12. The lowest BCUT2D eigenvalue weighted by molar-refractivity contribution is -0.192. The van der Waals surface area contributed by atoms with E-state index < -0.39 is 12.1 Å². The lowest BCUT2D eigenvalue weighted by Crippen LogP contribution is -2.21. The van der Waals surface area contributed by atoms with Crippen LogP contribution in [0.1, 0.15) is 0 Å². The second kappa shape index (κ2) is 4.94. The van der Waals surface area contributed by atoms with Crippen molar-refractivity contribution >= 4 is 22.7 Å². The molecular weight excluding hydrogens is 251 g/mol. The van der Waals surface area contributed by atoms with Crippen LogP contribution in [0, 0.1) is 0 Å². The average molecular weight is 261 g/mol. The summed E-state index contributed by atoms with van der Waals surface area (Å²) in [6, 6.07) is 5.79. The largest absolute Gasteiger partial charge is 0.490 e. The normalized spacial score (nSPS) is 10.9. The third-order valence-electron chi connectivity index (χ3n) is 2.03. The molecule has 0 atom stereocenters. The Kier molecular flexibility index (Phi) is 3.79. The zero-order chi connectivity index (χ0) is 13.9. The standard InChI is InChI=1S/C8H9N3.C2HF3O2/c1-11-5-10-8-6(9)3-2-4-7(8)11;3-2(4,5)1(6)7/h2-5H,9H2,1H3;(H,6,7). The number of hydrogen-bond donors (Lipinski definition) is 2. The molecule has 0 aliphatic carbocycles. The second-order valence-corrected chi connectivity index (χ2v) is 3.37. The smallest absolute Gasteiger partial charge is 0.475 e. The Labute approximate surface area is 99.6 Å². The average Bonchev–Trinajstić information content (AvgIpc) is 2.62. The molecule has 1 aromatic carbocycles. The minimum atomic E-state index is -5.08. The molecule has 18 heavy (non-hydrogen) atoms. The van der Waals surface area contributed by atoms with Gasteiger partial charge in [0.15, 0.2) is 0 Å². The van der Waals surface area contributed by atoms with E-state index >= 15 is 0 Å². The highest BCUT2D eigenvalue weighted by Crippen LogP contribution is 2.17. The summed E-state index contributed by atoms with van der Waals surface area (Å²) in [4.78, 5) is 13.1. The summed E-state index contributed by atoms with van der Waals surface area (Å²) < 4.78 is 33.7. The number of imidazole rings is 1. The molecule has 1 aromatic heterocycles. The van der Waals surface area contributed by atoms with Crippen molar-refractivity contribution in [3.63, 3.8) is 0 Å². The van der Waals surface area contributed by atoms with Gasteiger partial charge in [0.05, 0.1) is 17.5 Å². The number of aryl methyl sites for hydroxylation is 1. The van der Waals surface area contributed by atoms with E-state index in [0.29, 0.717) is 0 Å². The molecule has 3 N–H and O–H groups in total. The Morgan fingerprint density at radius 3 is 2.44 bits per heavy atom. The molecule has 0 amide bonds. The number of nitrogen functional groups attached to an aromatic ring is 1. The van der Waals surface area contributed by atoms with Gasteiger partial charge in [-0.25, -0.2) is 9.78 Å². The molecule has 0 radical (unpaired) electrons. The van der Waals surface area contributed by atoms with Crippen LogP contribution in [-0.4, -0.2) is 26.8 Å². The van der Waals surface area contributed by atoms with Crippen molar-refractivity contribution in [3.8, 4) is 0 Å². The third-order valence-corrected chi connectivity index (χ3v) is 2.03. The highest BCUT2D eigenvalue weighted by atomic mass is 19.4. The maximum absolute atomic E-state index is 10.6. The van der Waals surface area contributed by atoms with E-state index in [0.717, 1.165) is 16.7 Å². The molecule has 0 aliphatic heterocycles. The topological polar surface area (TPSA) is 81.1 Å². The fourth-order valence-electron chi connectivity index (χ4n) is 1.18. The SMILES string of the molecule is Cn1cnc2c(N)cccc21.O=C(O)C(F)(F)F. The predicted octanol–water partition coefficient (Wildman–Crippen LogP) is 1.79. The highest BCUT2D eigenvalue weighted by Gasteiger charge is 2.38. The van der Waals surface area contributed by atoms with Crippen LogP contribution in [0.4, 0.5) is 18.9 Å². The molecule has 0 spiro atoms. The zero-order valence-corrected chi connectivity index (χ0v) is 9.27. The number of nitrogens with zero attached hydrogens (tertiary/aromatic N) is 2. The van der Waals surface area contributed by atoms with Crippen LogP contribution in [0.15, 0.2) is 24.5 Å². The molecule has 98 valence electrons. The molecule has 0 fully saturated rings. The minimum absolute atomic E-state index is 0.739. The van der Waals surface area contributed by atoms with Crippen molar-refractivity contribution < 1.29 is 23.1 Å². The number of benzene rings is 1. The van der Waals surface area contributed by atoms with Gasteiger partial charge < -0.3 is 15.4 Å². The van der Waals surface area contributed by atoms with E-state index in [-0.39, 0.29) is 0 Å². The fourth-order valence-corrected chi connectivity index (χ4v) is 1.18. The van der Waals surface area contributed by atoms with Gasteiger partial charge in [0.2, 0.25) is 0 Å². The Morgan fingerprint density at radius 2 is 2.00 bits per heavy atom. The Bertz CT molecular complexity index is 563. The van der Waals surface area contributed by atoms with Crippen LogP contribution in [0.5, 0.6) is 0 Å². The summed E-state index contributed by atoms with van der Waals surface area (Å²) in [6.07, 6.45) is -3.32. The molecule has 0 aliphatic rings. The van der Waals surface area contributed by atoms with E-state index in [1.165, 1.54) is 0 Å². The first-order valence-electron chi connectivity index (χ1n) is 4.69. The van der Waals surface area contributed by atoms with Crippen LogP contribution >= 0.6 is 0 Å². The second-order valence-electron chi connectivity index (χ2n) is 3.37.